The number of furan rings is 1. The van der Waals surface area contributed by atoms with Crippen molar-refractivity contribution in [3.8, 4) is 11.1 Å². The summed E-state index contributed by atoms with van der Waals surface area (Å²) in [7, 11) is 0. The fourth-order valence-corrected chi connectivity index (χ4v) is 4.51. The fraction of sp³-hybridized carbons (Fsp3) is 0.240. The fourth-order valence-electron chi connectivity index (χ4n) is 4.51. The Hall–Kier alpha value is -4.08. The van der Waals surface area contributed by atoms with E-state index in [1.54, 1.807) is 12.1 Å². The Bertz CT molecular complexity index is 1300. The first-order chi connectivity index (χ1) is 16.7. The lowest BCUT2D eigenvalue weighted by Gasteiger charge is -2.37. The summed E-state index contributed by atoms with van der Waals surface area (Å²) in [5.74, 6) is -1.03. The van der Waals surface area contributed by atoms with Gasteiger partial charge in [0.05, 0.1) is 23.1 Å². The molecule has 1 aromatic heterocycles. The molecule has 3 heterocycles. The van der Waals surface area contributed by atoms with Crippen molar-refractivity contribution in [3.05, 3.63) is 77.7 Å². The van der Waals surface area contributed by atoms with E-state index >= 15 is 0 Å². The van der Waals surface area contributed by atoms with Gasteiger partial charge in [-0.25, -0.2) is 0 Å². The van der Waals surface area contributed by atoms with Crippen LogP contribution in [0.5, 0.6) is 0 Å². The van der Waals surface area contributed by atoms with Crippen molar-refractivity contribution in [3.63, 3.8) is 0 Å². The van der Waals surface area contributed by atoms with Crippen molar-refractivity contribution in [2.75, 3.05) is 11.9 Å². The Morgan fingerprint density at radius 2 is 1.86 bits per heavy atom. The van der Waals surface area contributed by atoms with Crippen molar-refractivity contribution >= 4 is 23.4 Å². The summed E-state index contributed by atoms with van der Waals surface area (Å²) in [5, 5.41) is 5.59. The van der Waals surface area contributed by atoms with Gasteiger partial charge in [0, 0.05) is 12.6 Å². The summed E-state index contributed by atoms with van der Waals surface area (Å²) < 4.78 is 44.6. The van der Waals surface area contributed by atoms with E-state index in [-0.39, 0.29) is 36.2 Å². The number of nitrogens with zero attached hydrogens (tertiary/aromatic N) is 1. The molecule has 35 heavy (non-hydrogen) atoms. The molecule has 0 radical (unpaired) electrons. The molecule has 1 fully saturated rings. The SMILES string of the molecule is O=C(NC1CCN2C(=O)c3cc(-c4cccc(C(F)(F)F)c4)ccc3NC(=O)C2C1)c1ccco1. The van der Waals surface area contributed by atoms with Crippen molar-refractivity contribution in [2.24, 2.45) is 0 Å². The number of hydrogen-bond acceptors (Lipinski definition) is 4. The van der Waals surface area contributed by atoms with Crippen molar-refractivity contribution in [2.45, 2.75) is 31.1 Å². The molecule has 2 atom stereocenters. The molecule has 180 valence electrons. The third-order valence-electron chi connectivity index (χ3n) is 6.28. The molecule has 5 rings (SSSR count). The molecule has 2 aliphatic rings. The Kier molecular flexibility index (Phi) is 5.58. The number of anilines is 1. The zero-order valence-corrected chi connectivity index (χ0v) is 18.3. The number of piperidine rings is 1. The molecule has 7 nitrogen and oxygen atoms in total. The molecule has 10 heteroatoms. The van der Waals surface area contributed by atoms with E-state index < -0.39 is 29.6 Å². The first-order valence-electron chi connectivity index (χ1n) is 11.0. The van der Waals surface area contributed by atoms with E-state index in [4.69, 9.17) is 4.42 Å². The number of halogens is 3. The number of rotatable bonds is 3. The zero-order valence-electron chi connectivity index (χ0n) is 18.3. The maximum Gasteiger partial charge on any atom is 0.416 e. The van der Waals surface area contributed by atoms with E-state index in [0.717, 1.165) is 12.1 Å². The summed E-state index contributed by atoms with van der Waals surface area (Å²) in [6, 6.07) is 11.4. The second-order valence-electron chi connectivity index (χ2n) is 8.51. The second-order valence-corrected chi connectivity index (χ2v) is 8.51. The number of carbonyl (C=O) groups is 3. The molecular weight excluding hydrogens is 463 g/mol. The summed E-state index contributed by atoms with van der Waals surface area (Å²) in [4.78, 5) is 40.1. The molecular formula is C25H20F3N3O4. The Morgan fingerprint density at radius 3 is 2.60 bits per heavy atom. The lowest BCUT2D eigenvalue weighted by atomic mass is 9.95. The summed E-state index contributed by atoms with van der Waals surface area (Å²) >= 11 is 0. The topological polar surface area (TPSA) is 91.7 Å². The minimum atomic E-state index is -4.49. The molecule has 0 saturated carbocycles. The normalized spacial score (nSPS) is 19.9. The van der Waals surface area contributed by atoms with Crippen LogP contribution in [-0.2, 0) is 11.0 Å². The predicted molar refractivity (Wildman–Crippen MR) is 120 cm³/mol. The van der Waals surface area contributed by atoms with Gasteiger partial charge in [-0.1, -0.05) is 18.2 Å². The molecule has 3 aromatic rings. The Morgan fingerprint density at radius 1 is 1.06 bits per heavy atom. The first kappa shape index (κ1) is 22.7. The lowest BCUT2D eigenvalue weighted by Crippen LogP contribution is -2.55. The molecule has 1 saturated heterocycles. The average molecular weight is 483 g/mol. The summed E-state index contributed by atoms with van der Waals surface area (Å²) in [5.41, 5.74) is 0.442. The van der Waals surface area contributed by atoms with E-state index in [0.29, 0.717) is 23.2 Å². The van der Waals surface area contributed by atoms with Crippen LogP contribution in [0.15, 0.2) is 65.3 Å². The number of benzene rings is 2. The van der Waals surface area contributed by atoms with Crippen LogP contribution in [0.1, 0.15) is 39.3 Å². The molecule has 3 amide bonds. The zero-order chi connectivity index (χ0) is 24.7. The van der Waals surface area contributed by atoms with Gasteiger partial charge in [-0.05, 0) is 60.4 Å². The number of carbonyl (C=O) groups excluding carboxylic acids is 3. The van der Waals surface area contributed by atoms with Gasteiger partial charge < -0.3 is 20.0 Å². The van der Waals surface area contributed by atoms with Crippen LogP contribution in [-0.4, -0.2) is 41.2 Å². The maximum absolute atomic E-state index is 13.4. The minimum Gasteiger partial charge on any atom is -0.459 e. The lowest BCUT2D eigenvalue weighted by molar-refractivity contribution is -0.137. The highest BCUT2D eigenvalue weighted by Crippen LogP contribution is 2.35. The highest BCUT2D eigenvalue weighted by Gasteiger charge is 2.40. The van der Waals surface area contributed by atoms with Crippen LogP contribution in [0.3, 0.4) is 0 Å². The van der Waals surface area contributed by atoms with Gasteiger partial charge in [0.2, 0.25) is 5.91 Å². The number of hydrogen-bond donors (Lipinski definition) is 2. The van der Waals surface area contributed by atoms with Gasteiger partial charge in [0.25, 0.3) is 11.8 Å². The first-order valence-corrected chi connectivity index (χ1v) is 11.0. The number of nitrogens with one attached hydrogen (secondary N) is 2. The third kappa shape index (κ3) is 4.39. The molecule has 2 aromatic carbocycles. The highest BCUT2D eigenvalue weighted by atomic mass is 19.4. The summed E-state index contributed by atoms with van der Waals surface area (Å²) in [6.45, 7) is 0.229. The minimum absolute atomic E-state index is 0.156. The quantitative estimate of drug-likeness (QED) is 0.581. The van der Waals surface area contributed by atoms with E-state index in [2.05, 4.69) is 10.6 Å². The second kappa shape index (κ2) is 8.61. The molecule has 2 unspecified atom stereocenters. The molecule has 0 spiro atoms. The van der Waals surface area contributed by atoms with Crippen LogP contribution in [0, 0.1) is 0 Å². The Balaban J connectivity index is 1.39. The summed E-state index contributed by atoms with van der Waals surface area (Å²) in [6.07, 6.45) is -2.45. The van der Waals surface area contributed by atoms with Gasteiger partial charge in [0.1, 0.15) is 6.04 Å². The van der Waals surface area contributed by atoms with Crippen molar-refractivity contribution in [1.29, 1.82) is 0 Å². The monoisotopic (exact) mass is 483 g/mol. The van der Waals surface area contributed by atoms with Gasteiger partial charge in [-0.3, -0.25) is 14.4 Å². The number of alkyl halides is 3. The largest absolute Gasteiger partial charge is 0.459 e. The molecule has 2 aliphatic heterocycles. The standard InChI is InChI=1S/C25H20F3N3O4/c26-25(27,28)16-4-1-3-14(11-16)15-6-7-19-18(12-15)24(34)31-9-8-17(13-20(31)22(32)30-19)29-23(33)21-5-2-10-35-21/h1-7,10-12,17,20H,8-9,13H2,(H,29,33)(H,30,32). The van der Waals surface area contributed by atoms with Gasteiger partial charge in [0.15, 0.2) is 5.76 Å². The molecule has 0 aliphatic carbocycles. The predicted octanol–water partition coefficient (Wildman–Crippen LogP) is 4.32. The third-order valence-corrected chi connectivity index (χ3v) is 6.28. The van der Waals surface area contributed by atoms with Gasteiger partial charge in [-0.15, -0.1) is 0 Å². The van der Waals surface area contributed by atoms with Crippen LogP contribution in [0.2, 0.25) is 0 Å². The number of amides is 3. The van der Waals surface area contributed by atoms with Gasteiger partial charge in [-0.2, -0.15) is 13.2 Å². The molecule has 2 N–H and O–H groups in total. The van der Waals surface area contributed by atoms with Crippen LogP contribution in [0.25, 0.3) is 11.1 Å². The van der Waals surface area contributed by atoms with E-state index in [1.807, 2.05) is 0 Å². The Labute approximate surface area is 197 Å². The number of fused-ring (bicyclic) bond motifs is 2. The van der Waals surface area contributed by atoms with Crippen LogP contribution >= 0.6 is 0 Å². The smallest absolute Gasteiger partial charge is 0.416 e. The molecule has 0 bridgehead atoms. The van der Waals surface area contributed by atoms with E-state index in [9.17, 15) is 27.6 Å². The van der Waals surface area contributed by atoms with E-state index in [1.165, 1.54) is 41.5 Å². The average Bonchev–Trinajstić information content (AvgIpc) is 3.36. The van der Waals surface area contributed by atoms with Crippen LogP contribution in [0.4, 0.5) is 18.9 Å². The van der Waals surface area contributed by atoms with Gasteiger partial charge >= 0.3 is 6.18 Å². The maximum atomic E-state index is 13.4. The highest BCUT2D eigenvalue weighted by molar-refractivity contribution is 6.10. The van der Waals surface area contributed by atoms with Crippen LogP contribution < -0.4 is 10.6 Å². The van der Waals surface area contributed by atoms with Crippen molar-refractivity contribution in [1.82, 2.24) is 10.2 Å². The van der Waals surface area contributed by atoms with Crippen molar-refractivity contribution < 1.29 is 32.0 Å².